The van der Waals surface area contributed by atoms with Gasteiger partial charge < -0.3 is 15.2 Å². The summed E-state index contributed by atoms with van der Waals surface area (Å²) >= 11 is 0. The monoisotopic (exact) mass is 274 g/mol. The van der Waals surface area contributed by atoms with Crippen LogP contribution in [0.15, 0.2) is 29.8 Å². The van der Waals surface area contributed by atoms with Crippen LogP contribution in [0.3, 0.4) is 0 Å². The summed E-state index contributed by atoms with van der Waals surface area (Å²) in [6.45, 7) is 3.96. The van der Waals surface area contributed by atoms with Gasteiger partial charge in [-0.15, -0.1) is 0 Å². The third-order valence-corrected chi connectivity index (χ3v) is 2.52. The molecule has 0 aromatic heterocycles. The second-order valence-corrected chi connectivity index (χ2v) is 4.23. The molecule has 1 unspecified atom stereocenters. The quantitative estimate of drug-likeness (QED) is 0.608. The number of nitriles is 1. The number of nitrogens with one attached hydrogen (secondary N) is 1. The van der Waals surface area contributed by atoms with E-state index in [4.69, 9.17) is 15.1 Å². The maximum absolute atomic E-state index is 11.8. The number of benzene rings is 1. The van der Waals surface area contributed by atoms with Crippen LogP contribution in [-0.4, -0.2) is 30.3 Å². The Morgan fingerprint density at radius 2 is 2.15 bits per heavy atom. The van der Waals surface area contributed by atoms with Gasteiger partial charge in [-0.1, -0.05) is 12.1 Å². The number of aliphatic hydroxyl groups excluding tert-OH is 1. The number of carbonyl (C=O) groups is 1. The van der Waals surface area contributed by atoms with Crippen LogP contribution in [0.5, 0.6) is 5.75 Å². The summed E-state index contributed by atoms with van der Waals surface area (Å²) in [5.41, 5.74) is 0.728. The Kier molecular flexibility index (Phi) is 6.27. The van der Waals surface area contributed by atoms with Crippen molar-refractivity contribution >= 4 is 12.0 Å². The molecule has 1 aromatic carbocycles. The smallest absolute Gasteiger partial charge is 0.262 e. The van der Waals surface area contributed by atoms with Crippen LogP contribution in [0.2, 0.25) is 0 Å². The average Bonchev–Trinajstić information content (AvgIpc) is 2.46. The number of amides is 1. The minimum atomic E-state index is -0.497. The molecule has 0 spiro atoms. The Morgan fingerprint density at radius 1 is 1.50 bits per heavy atom. The minimum absolute atomic E-state index is 0.00513. The Balaban J connectivity index is 2.83. The molecule has 0 aliphatic carbocycles. The molecular weight excluding hydrogens is 256 g/mol. The first-order chi connectivity index (χ1) is 9.60. The van der Waals surface area contributed by atoms with Gasteiger partial charge in [-0.2, -0.15) is 5.26 Å². The molecule has 0 aliphatic rings. The Bertz CT molecular complexity index is 515. The molecule has 1 aromatic rings. The number of hydrogen-bond acceptors (Lipinski definition) is 4. The topological polar surface area (TPSA) is 82.3 Å². The van der Waals surface area contributed by atoms with Crippen molar-refractivity contribution in [3.8, 4) is 11.8 Å². The maximum Gasteiger partial charge on any atom is 0.262 e. The lowest BCUT2D eigenvalue weighted by molar-refractivity contribution is -0.117. The van der Waals surface area contributed by atoms with Crippen LogP contribution in [0.1, 0.15) is 19.4 Å². The number of aliphatic hydroxyl groups is 1. The van der Waals surface area contributed by atoms with Crippen LogP contribution >= 0.6 is 0 Å². The molecule has 20 heavy (non-hydrogen) atoms. The van der Waals surface area contributed by atoms with Crippen LogP contribution < -0.4 is 10.1 Å². The molecular formula is C15H18N2O3. The van der Waals surface area contributed by atoms with Gasteiger partial charge in [-0.05, 0) is 37.6 Å². The lowest BCUT2D eigenvalue weighted by Gasteiger charge is -2.09. The Labute approximate surface area is 118 Å². The summed E-state index contributed by atoms with van der Waals surface area (Å²) in [6, 6.07) is 8.56. The number of nitrogens with zero attached hydrogens (tertiary/aromatic N) is 1. The molecule has 0 fully saturated rings. The van der Waals surface area contributed by atoms with E-state index in [1.54, 1.807) is 31.2 Å². The van der Waals surface area contributed by atoms with Gasteiger partial charge in [0.25, 0.3) is 5.91 Å². The van der Waals surface area contributed by atoms with Gasteiger partial charge in [-0.3, -0.25) is 4.79 Å². The third-order valence-electron chi connectivity index (χ3n) is 2.52. The van der Waals surface area contributed by atoms with Gasteiger partial charge in [0.1, 0.15) is 17.4 Å². The van der Waals surface area contributed by atoms with Gasteiger partial charge in [-0.25, -0.2) is 0 Å². The summed E-state index contributed by atoms with van der Waals surface area (Å²) in [7, 11) is 0. The first-order valence-corrected chi connectivity index (χ1v) is 6.37. The van der Waals surface area contributed by atoms with E-state index in [2.05, 4.69) is 5.32 Å². The van der Waals surface area contributed by atoms with E-state index in [1.165, 1.54) is 6.08 Å². The molecule has 106 valence electrons. The van der Waals surface area contributed by atoms with Crippen LogP contribution in [0.4, 0.5) is 0 Å². The molecule has 1 rings (SSSR count). The minimum Gasteiger partial charge on any atom is -0.494 e. The lowest BCUT2D eigenvalue weighted by Crippen LogP contribution is -2.35. The van der Waals surface area contributed by atoms with E-state index < -0.39 is 5.91 Å². The summed E-state index contributed by atoms with van der Waals surface area (Å²) < 4.78 is 5.31. The highest BCUT2D eigenvalue weighted by Gasteiger charge is 2.11. The largest absolute Gasteiger partial charge is 0.494 e. The van der Waals surface area contributed by atoms with Gasteiger partial charge in [0.05, 0.1) is 13.2 Å². The number of hydrogen-bond donors (Lipinski definition) is 2. The van der Waals surface area contributed by atoms with Crippen molar-refractivity contribution in [1.29, 1.82) is 5.26 Å². The molecule has 0 heterocycles. The molecule has 1 amide bonds. The van der Waals surface area contributed by atoms with E-state index in [-0.39, 0.29) is 18.2 Å². The summed E-state index contributed by atoms with van der Waals surface area (Å²) in [4.78, 5) is 11.8. The maximum atomic E-state index is 11.8. The Hall–Kier alpha value is -2.32. The average molecular weight is 274 g/mol. The normalized spacial score (nSPS) is 12.4. The predicted octanol–water partition coefficient (Wildman–Crippen LogP) is 1.49. The van der Waals surface area contributed by atoms with Crippen molar-refractivity contribution in [1.82, 2.24) is 5.32 Å². The molecule has 2 N–H and O–H groups in total. The highest BCUT2D eigenvalue weighted by molar-refractivity contribution is 6.01. The second-order valence-electron chi connectivity index (χ2n) is 4.23. The number of carbonyl (C=O) groups excluding carboxylic acids is 1. The van der Waals surface area contributed by atoms with Crippen molar-refractivity contribution < 1.29 is 14.6 Å². The zero-order valence-electron chi connectivity index (χ0n) is 11.6. The highest BCUT2D eigenvalue weighted by Crippen LogP contribution is 2.14. The molecule has 0 bridgehead atoms. The molecule has 0 aliphatic heterocycles. The second kappa shape index (κ2) is 7.97. The molecule has 0 radical (unpaired) electrons. The van der Waals surface area contributed by atoms with Gasteiger partial charge in [0.2, 0.25) is 0 Å². The van der Waals surface area contributed by atoms with Crippen LogP contribution in [0.25, 0.3) is 6.08 Å². The zero-order chi connectivity index (χ0) is 15.0. The fraction of sp³-hybridized carbons (Fsp3) is 0.333. The van der Waals surface area contributed by atoms with Crippen molar-refractivity contribution in [2.24, 2.45) is 0 Å². The van der Waals surface area contributed by atoms with Crippen molar-refractivity contribution in [3.05, 3.63) is 35.4 Å². The van der Waals surface area contributed by atoms with Crippen molar-refractivity contribution in [3.63, 3.8) is 0 Å². The molecule has 0 saturated heterocycles. The first-order valence-electron chi connectivity index (χ1n) is 6.37. The van der Waals surface area contributed by atoms with Crippen molar-refractivity contribution in [2.75, 3.05) is 13.2 Å². The molecule has 0 saturated carbocycles. The van der Waals surface area contributed by atoms with Gasteiger partial charge >= 0.3 is 0 Å². The SMILES string of the molecule is CCOc1ccc(/C=C(/C#N)C(=O)NC(C)CO)cc1. The summed E-state index contributed by atoms with van der Waals surface area (Å²) in [6.07, 6.45) is 1.50. The molecule has 5 heteroatoms. The first kappa shape index (κ1) is 15.7. The predicted molar refractivity (Wildman–Crippen MR) is 75.9 cm³/mol. The van der Waals surface area contributed by atoms with E-state index in [0.717, 1.165) is 11.3 Å². The van der Waals surface area contributed by atoms with Gasteiger partial charge in [0, 0.05) is 6.04 Å². The van der Waals surface area contributed by atoms with Crippen LogP contribution in [0, 0.1) is 11.3 Å². The summed E-state index contributed by atoms with van der Waals surface area (Å²) in [5.74, 6) is 0.240. The third kappa shape index (κ3) is 4.75. The van der Waals surface area contributed by atoms with E-state index in [1.807, 2.05) is 13.0 Å². The van der Waals surface area contributed by atoms with Crippen molar-refractivity contribution in [2.45, 2.75) is 19.9 Å². The van der Waals surface area contributed by atoms with Gasteiger partial charge in [0.15, 0.2) is 0 Å². The highest BCUT2D eigenvalue weighted by atomic mass is 16.5. The van der Waals surface area contributed by atoms with Crippen LogP contribution in [-0.2, 0) is 4.79 Å². The van der Waals surface area contributed by atoms with E-state index in [0.29, 0.717) is 6.61 Å². The number of rotatable bonds is 6. The van der Waals surface area contributed by atoms with E-state index in [9.17, 15) is 4.79 Å². The fourth-order valence-electron chi connectivity index (χ4n) is 1.49. The fourth-order valence-corrected chi connectivity index (χ4v) is 1.49. The molecule has 5 nitrogen and oxygen atoms in total. The summed E-state index contributed by atoms with van der Waals surface area (Å²) in [5, 5.41) is 20.4. The zero-order valence-corrected chi connectivity index (χ0v) is 11.6. The van der Waals surface area contributed by atoms with E-state index >= 15 is 0 Å². The lowest BCUT2D eigenvalue weighted by atomic mass is 10.1. The Morgan fingerprint density at radius 3 is 2.65 bits per heavy atom. The number of ether oxygens (including phenoxy) is 1. The standard InChI is InChI=1S/C15H18N2O3/c1-3-20-14-6-4-12(5-7-14)8-13(9-16)15(19)17-11(2)10-18/h4-8,11,18H,3,10H2,1-2H3,(H,17,19)/b13-8-. The molecule has 1 atom stereocenters.